The molecule has 2 heterocycles. The molecule has 0 aliphatic carbocycles. The van der Waals surface area contributed by atoms with Crippen LogP contribution in [0.5, 0.6) is 11.5 Å². The standard InChI is InChI=1S/C25H30F3N3O7/c26-25(27,28)24(36)38-17-11-9-15-19(20(17)37-14-8-6-4-2-1-3-5-7-13-29)23(35)31(22(15)34)16-10-12-18(32)30-21(16)33/h9,11,16H,1-8,10,12-14,29H2,(H,30,32,33). The van der Waals surface area contributed by atoms with Gasteiger partial charge in [-0.3, -0.25) is 29.4 Å². The minimum absolute atomic E-state index is 0.0138. The van der Waals surface area contributed by atoms with Crippen LogP contribution in [0.3, 0.4) is 0 Å². The lowest BCUT2D eigenvalue weighted by Crippen LogP contribution is -2.54. The van der Waals surface area contributed by atoms with Gasteiger partial charge in [0.05, 0.1) is 17.7 Å². The summed E-state index contributed by atoms with van der Waals surface area (Å²) in [5.74, 6) is -6.92. The summed E-state index contributed by atoms with van der Waals surface area (Å²) < 4.78 is 48.7. The van der Waals surface area contributed by atoms with Crippen molar-refractivity contribution in [3.05, 3.63) is 23.3 Å². The first kappa shape index (κ1) is 29.1. The molecule has 10 nitrogen and oxygen atoms in total. The topological polar surface area (TPSA) is 145 Å². The van der Waals surface area contributed by atoms with Crippen LogP contribution in [-0.4, -0.2) is 59.9 Å². The van der Waals surface area contributed by atoms with Crippen molar-refractivity contribution >= 4 is 29.6 Å². The first-order valence-electron chi connectivity index (χ1n) is 12.6. The number of piperidine rings is 1. The fraction of sp³-hybridized carbons (Fsp3) is 0.560. The van der Waals surface area contributed by atoms with Crippen molar-refractivity contribution in [3.8, 4) is 11.5 Å². The third kappa shape index (κ3) is 6.88. The van der Waals surface area contributed by atoms with E-state index in [4.69, 9.17) is 10.5 Å². The Balaban J connectivity index is 1.75. The number of fused-ring (bicyclic) bond motifs is 1. The van der Waals surface area contributed by atoms with Crippen LogP contribution >= 0.6 is 0 Å². The third-order valence-electron chi connectivity index (χ3n) is 6.30. The molecule has 3 N–H and O–H groups in total. The van der Waals surface area contributed by atoms with Gasteiger partial charge in [0.15, 0.2) is 11.5 Å². The van der Waals surface area contributed by atoms with E-state index < -0.39 is 58.9 Å². The van der Waals surface area contributed by atoms with Gasteiger partial charge in [-0.1, -0.05) is 38.5 Å². The van der Waals surface area contributed by atoms with E-state index in [1.807, 2.05) is 0 Å². The van der Waals surface area contributed by atoms with Crippen LogP contribution in [0.2, 0.25) is 0 Å². The summed E-state index contributed by atoms with van der Waals surface area (Å²) in [5, 5.41) is 2.06. The summed E-state index contributed by atoms with van der Waals surface area (Å²) in [6.45, 7) is 0.653. The number of halogens is 3. The van der Waals surface area contributed by atoms with E-state index in [1.54, 1.807) is 0 Å². The quantitative estimate of drug-likeness (QED) is 0.168. The number of carbonyl (C=O) groups is 5. The lowest BCUT2D eigenvalue weighted by atomic mass is 10.0. The van der Waals surface area contributed by atoms with Crippen molar-refractivity contribution in [2.45, 2.75) is 76.4 Å². The van der Waals surface area contributed by atoms with Crippen molar-refractivity contribution in [2.75, 3.05) is 13.2 Å². The number of carbonyl (C=O) groups excluding carboxylic acids is 5. The van der Waals surface area contributed by atoms with E-state index in [0.29, 0.717) is 17.9 Å². The van der Waals surface area contributed by atoms with Gasteiger partial charge in [-0.05, 0) is 37.9 Å². The zero-order valence-electron chi connectivity index (χ0n) is 20.7. The highest BCUT2D eigenvalue weighted by molar-refractivity contribution is 6.25. The molecule has 0 bridgehead atoms. The molecule has 208 valence electrons. The van der Waals surface area contributed by atoms with E-state index in [1.165, 1.54) is 0 Å². The Hall–Kier alpha value is -3.48. The molecule has 1 aromatic carbocycles. The average Bonchev–Trinajstić information content (AvgIpc) is 3.10. The number of nitrogens with zero attached hydrogens (tertiary/aromatic N) is 1. The largest absolute Gasteiger partial charge is 0.491 e. The van der Waals surface area contributed by atoms with Crippen LogP contribution in [0.4, 0.5) is 13.2 Å². The Morgan fingerprint density at radius 1 is 0.974 bits per heavy atom. The fourth-order valence-electron chi connectivity index (χ4n) is 4.37. The normalized spacial score (nSPS) is 17.5. The number of alkyl halides is 3. The molecule has 0 saturated carbocycles. The summed E-state index contributed by atoms with van der Waals surface area (Å²) in [5.41, 5.74) is 4.86. The Bertz CT molecular complexity index is 1090. The molecule has 1 unspecified atom stereocenters. The third-order valence-corrected chi connectivity index (χ3v) is 6.30. The molecule has 0 spiro atoms. The van der Waals surface area contributed by atoms with Crippen molar-refractivity contribution < 1.29 is 46.6 Å². The summed E-state index contributed by atoms with van der Waals surface area (Å²) in [6, 6.07) is 0.704. The highest BCUT2D eigenvalue weighted by Gasteiger charge is 2.48. The molecule has 1 aromatic rings. The smallest absolute Gasteiger partial charge is 0.489 e. The monoisotopic (exact) mass is 541 g/mol. The number of amides is 4. The van der Waals surface area contributed by atoms with Gasteiger partial charge in [0.25, 0.3) is 11.8 Å². The van der Waals surface area contributed by atoms with Crippen LogP contribution in [0.15, 0.2) is 12.1 Å². The molecule has 4 amide bonds. The van der Waals surface area contributed by atoms with Gasteiger partial charge >= 0.3 is 12.1 Å². The SMILES string of the molecule is NCCCCCCCCCCOc1c(OC(=O)C(F)(F)F)ccc2c1C(=O)N(C1CCC(=O)NC1=O)C2=O. The van der Waals surface area contributed by atoms with E-state index in [2.05, 4.69) is 10.1 Å². The number of rotatable bonds is 13. The Morgan fingerprint density at radius 2 is 1.61 bits per heavy atom. The molecule has 38 heavy (non-hydrogen) atoms. The van der Waals surface area contributed by atoms with Gasteiger partial charge < -0.3 is 15.2 Å². The lowest BCUT2D eigenvalue weighted by Gasteiger charge is -2.27. The van der Waals surface area contributed by atoms with Crippen LogP contribution < -0.4 is 20.5 Å². The second-order valence-electron chi connectivity index (χ2n) is 9.12. The molecule has 3 rings (SSSR count). The predicted octanol–water partition coefficient (Wildman–Crippen LogP) is 3.01. The number of benzene rings is 1. The van der Waals surface area contributed by atoms with E-state index >= 15 is 0 Å². The molecule has 2 aliphatic rings. The number of nitrogens with two attached hydrogens (primary N) is 1. The first-order valence-corrected chi connectivity index (χ1v) is 12.6. The maximum atomic E-state index is 13.3. The van der Waals surface area contributed by atoms with Gasteiger partial charge in [0.1, 0.15) is 6.04 Å². The van der Waals surface area contributed by atoms with E-state index in [0.717, 1.165) is 57.1 Å². The van der Waals surface area contributed by atoms with Crippen LogP contribution in [-0.2, 0) is 14.4 Å². The first-order chi connectivity index (χ1) is 18.1. The number of imide groups is 2. The van der Waals surface area contributed by atoms with Crippen LogP contribution in [0, 0.1) is 0 Å². The molecule has 1 fully saturated rings. The highest BCUT2D eigenvalue weighted by atomic mass is 19.4. The van der Waals surface area contributed by atoms with Crippen molar-refractivity contribution in [2.24, 2.45) is 5.73 Å². The van der Waals surface area contributed by atoms with Gasteiger partial charge in [-0.2, -0.15) is 13.2 Å². The van der Waals surface area contributed by atoms with Crippen LogP contribution in [0.25, 0.3) is 0 Å². The molecule has 1 saturated heterocycles. The zero-order chi connectivity index (χ0) is 27.9. The van der Waals surface area contributed by atoms with Gasteiger partial charge in [0, 0.05) is 6.42 Å². The predicted molar refractivity (Wildman–Crippen MR) is 126 cm³/mol. The molecular weight excluding hydrogens is 511 g/mol. The Labute approximate surface area is 217 Å². The van der Waals surface area contributed by atoms with Gasteiger partial charge in [-0.25, -0.2) is 4.79 Å². The number of ether oxygens (including phenoxy) is 2. The summed E-state index contributed by atoms with van der Waals surface area (Å²) in [6.07, 6.45) is 1.82. The Morgan fingerprint density at radius 3 is 2.21 bits per heavy atom. The van der Waals surface area contributed by atoms with Crippen LogP contribution in [0.1, 0.15) is 84.9 Å². The maximum Gasteiger partial charge on any atom is 0.491 e. The molecule has 0 radical (unpaired) electrons. The van der Waals surface area contributed by atoms with E-state index in [-0.39, 0.29) is 25.0 Å². The lowest BCUT2D eigenvalue weighted by molar-refractivity contribution is -0.189. The maximum absolute atomic E-state index is 13.3. The van der Waals surface area contributed by atoms with Crippen molar-refractivity contribution in [1.29, 1.82) is 0 Å². The molecule has 13 heteroatoms. The highest BCUT2D eigenvalue weighted by Crippen LogP contribution is 2.41. The van der Waals surface area contributed by atoms with Crippen molar-refractivity contribution in [1.82, 2.24) is 10.2 Å². The van der Waals surface area contributed by atoms with Gasteiger partial charge in [-0.15, -0.1) is 0 Å². The second-order valence-corrected chi connectivity index (χ2v) is 9.12. The molecule has 0 aromatic heterocycles. The summed E-state index contributed by atoms with van der Waals surface area (Å²) in [7, 11) is 0. The summed E-state index contributed by atoms with van der Waals surface area (Å²) in [4.78, 5) is 62.2. The molecular formula is C25H30F3N3O7. The minimum Gasteiger partial charge on any atom is -0.489 e. The number of hydrogen-bond donors (Lipinski definition) is 2. The number of esters is 1. The molecule has 1 atom stereocenters. The Kier molecular flexibility index (Phi) is 9.84. The number of nitrogens with one attached hydrogen (secondary N) is 1. The zero-order valence-corrected chi connectivity index (χ0v) is 20.7. The average molecular weight is 542 g/mol. The molecule has 2 aliphatic heterocycles. The minimum atomic E-state index is -5.31. The number of unbranched alkanes of at least 4 members (excludes halogenated alkanes) is 7. The van der Waals surface area contributed by atoms with E-state index in [9.17, 15) is 37.1 Å². The van der Waals surface area contributed by atoms with Gasteiger partial charge in [0.2, 0.25) is 11.8 Å². The van der Waals surface area contributed by atoms with Crippen molar-refractivity contribution in [3.63, 3.8) is 0 Å². The second kappa shape index (κ2) is 12.9. The fourth-order valence-corrected chi connectivity index (χ4v) is 4.37. The number of hydrogen-bond acceptors (Lipinski definition) is 8. The summed E-state index contributed by atoms with van der Waals surface area (Å²) >= 11 is 0.